The number of aromatic nitrogens is 4. The number of anilines is 1. The smallest absolute Gasteiger partial charge is 0.185 e. The normalized spacial score (nSPS) is 22.7. The largest absolute Gasteiger partial charge is 0.399 e. The highest BCUT2D eigenvalue weighted by Crippen LogP contribution is 2.43. The molecule has 0 bridgehead atoms. The summed E-state index contributed by atoms with van der Waals surface area (Å²) < 4.78 is 15.5. The third-order valence-electron chi connectivity index (χ3n) is 3.11. The van der Waals surface area contributed by atoms with Gasteiger partial charge in [-0.25, -0.2) is 9.07 Å². The van der Waals surface area contributed by atoms with Crippen LogP contribution in [0.3, 0.4) is 0 Å². The Morgan fingerprint density at radius 2 is 2.24 bits per heavy atom. The summed E-state index contributed by atoms with van der Waals surface area (Å²) in [4.78, 5) is 0. The molecule has 1 fully saturated rings. The molecule has 88 valence electrons. The van der Waals surface area contributed by atoms with Gasteiger partial charge in [-0.15, -0.1) is 5.10 Å². The molecular formula is C11H12FN5. The van der Waals surface area contributed by atoms with Crippen molar-refractivity contribution in [2.75, 3.05) is 5.73 Å². The third-order valence-corrected chi connectivity index (χ3v) is 3.11. The molecule has 1 saturated carbocycles. The van der Waals surface area contributed by atoms with Gasteiger partial charge in [-0.05, 0) is 41.0 Å². The SMILES string of the molecule is CC1CC1n1nnnc1-c1ccc(N)cc1F. The first-order valence-electron chi connectivity index (χ1n) is 5.50. The monoisotopic (exact) mass is 233 g/mol. The lowest BCUT2D eigenvalue weighted by molar-refractivity contribution is 0.579. The summed E-state index contributed by atoms with van der Waals surface area (Å²) in [5.41, 5.74) is 6.30. The number of halogens is 1. The van der Waals surface area contributed by atoms with Crippen LogP contribution in [-0.4, -0.2) is 20.2 Å². The molecule has 17 heavy (non-hydrogen) atoms. The van der Waals surface area contributed by atoms with Gasteiger partial charge in [0, 0.05) is 5.69 Å². The van der Waals surface area contributed by atoms with Crippen LogP contribution in [0.25, 0.3) is 11.4 Å². The van der Waals surface area contributed by atoms with E-state index in [9.17, 15) is 4.39 Å². The molecule has 0 aliphatic heterocycles. The summed E-state index contributed by atoms with van der Waals surface area (Å²) in [6.07, 6.45) is 1.04. The number of tetrazole rings is 1. The molecule has 1 aliphatic rings. The van der Waals surface area contributed by atoms with E-state index in [1.807, 2.05) is 0 Å². The Bertz CT molecular complexity index is 565. The Morgan fingerprint density at radius 3 is 2.88 bits per heavy atom. The average Bonchev–Trinajstić information content (AvgIpc) is 2.82. The molecule has 2 atom stereocenters. The summed E-state index contributed by atoms with van der Waals surface area (Å²) in [7, 11) is 0. The van der Waals surface area contributed by atoms with E-state index in [0.717, 1.165) is 6.42 Å². The molecule has 1 heterocycles. The van der Waals surface area contributed by atoms with Crippen molar-refractivity contribution in [3.63, 3.8) is 0 Å². The summed E-state index contributed by atoms with van der Waals surface area (Å²) in [6.45, 7) is 2.12. The minimum atomic E-state index is -0.394. The highest BCUT2D eigenvalue weighted by atomic mass is 19.1. The molecule has 0 radical (unpaired) electrons. The van der Waals surface area contributed by atoms with Crippen molar-refractivity contribution >= 4 is 5.69 Å². The molecule has 0 saturated heterocycles. The first kappa shape index (κ1) is 10.2. The maximum Gasteiger partial charge on any atom is 0.185 e. The van der Waals surface area contributed by atoms with Gasteiger partial charge in [0.1, 0.15) is 5.82 Å². The number of benzene rings is 1. The maximum atomic E-state index is 13.8. The van der Waals surface area contributed by atoms with Gasteiger partial charge >= 0.3 is 0 Å². The Labute approximate surface area is 97.4 Å². The first-order chi connectivity index (χ1) is 8.16. The van der Waals surface area contributed by atoms with Crippen molar-refractivity contribution in [2.45, 2.75) is 19.4 Å². The lowest BCUT2D eigenvalue weighted by Crippen LogP contribution is -2.02. The number of nitrogens with zero attached hydrogens (tertiary/aromatic N) is 4. The zero-order valence-electron chi connectivity index (χ0n) is 9.34. The fourth-order valence-electron chi connectivity index (χ4n) is 1.95. The molecule has 2 unspecified atom stereocenters. The van der Waals surface area contributed by atoms with Crippen molar-refractivity contribution in [1.29, 1.82) is 0 Å². The van der Waals surface area contributed by atoms with E-state index in [0.29, 0.717) is 23.0 Å². The summed E-state index contributed by atoms with van der Waals surface area (Å²) >= 11 is 0. The highest BCUT2D eigenvalue weighted by molar-refractivity contribution is 5.59. The van der Waals surface area contributed by atoms with Crippen LogP contribution in [0, 0.1) is 11.7 Å². The number of nitrogen functional groups attached to an aromatic ring is 1. The minimum absolute atomic E-state index is 0.289. The lowest BCUT2D eigenvalue weighted by atomic mass is 10.2. The van der Waals surface area contributed by atoms with E-state index in [4.69, 9.17) is 5.73 Å². The van der Waals surface area contributed by atoms with Gasteiger partial charge in [-0.2, -0.15) is 0 Å². The number of nitrogens with two attached hydrogens (primary N) is 1. The molecule has 5 nitrogen and oxygen atoms in total. The molecule has 0 spiro atoms. The molecule has 3 rings (SSSR count). The van der Waals surface area contributed by atoms with E-state index in [-0.39, 0.29) is 6.04 Å². The fraction of sp³-hybridized carbons (Fsp3) is 0.364. The molecule has 1 aromatic heterocycles. The average molecular weight is 233 g/mol. The Morgan fingerprint density at radius 1 is 1.47 bits per heavy atom. The van der Waals surface area contributed by atoms with Crippen molar-refractivity contribution < 1.29 is 4.39 Å². The van der Waals surface area contributed by atoms with Crippen LogP contribution < -0.4 is 5.73 Å². The van der Waals surface area contributed by atoms with Crippen LogP contribution in [0.2, 0.25) is 0 Å². The second-order valence-electron chi connectivity index (χ2n) is 4.47. The standard InChI is InChI=1S/C11H12FN5/c1-6-4-10(6)17-11(14-15-16-17)8-3-2-7(13)5-9(8)12/h2-3,5-6,10H,4,13H2,1H3. The van der Waals surface area contributed by atoms with E-state index in [1.165, 1.54) is 6.07 Å². The van der Waals surface area contributed by atoms with Crippen LogP contribution in [0.1, 0.15) is 19.4 Å². The van der Waals surface area contributed by atoms with E-state index in [2.05, 4.69) is 22.4 Å². The van der Waals surface area contributed by atoms with Crippen molar-refractivity contribution in [3.8, 4) is 11.4 Å². The van der Waals surface area contributed by atoms with E-state index < -0.39 is 5.82 Å². The van der Waals surface area contributed by atoms with Crippen molar-refractivity contribution in [2.24, 2.45) is 5.92 Å². The zero-order valence-corrected chi connectivity index (χ0v) is 9.34. The van der Waals surface area contributed by atoms with Crippen LogP contribution in [0.15, 0.2) is 18.2 Å². The van der Waals surface area contributed by atoms with Crippen LogP contribution in [0.4, 0.5) is 10.1 Å². The lowest BCUT2D eigenvalue weighted by Gasteiger charge is -2.04. The van der Waals surface area contributed by atoms with E-state index >= 15 is 0 Å². The highest BCUT2D eigenvalue weighted by Gasteiger charge is 2.37. The van der Waals surface area contributed by atoms with Gasteiger partial charge in [0.05, 0.1) is 11.6 Å². The van der Waals surface area contributed by atoms with E-state index in [1.54, 1.807) is 16.8 Å². The van der Waals surface area contributed by atoms with Crippen LogP contribution >= 0.6 is 0 Å². The van der Waals surface area contributed by atoms with Crippen molar-refractivity contribution in [3.05, 3.63) is 24.0 Å². The Hall–Kier alpha value is -1.98. The van der Waals surface area contributed by atoms with Gasteiger partial charge in [0.2, 0.25) is 0 Å². The first-order valence-corrected chi connectivity index (χ1v) is 5.50. The summed E-state index contributed by atoms with van der Waals surface area (Å²) in [5, 5.41) is 11.4. The second kappa shape index (κ2) is 3.51. The number of hydrogen-bond acceptors (Lipinski definition) is 4. The van der Waals surface area contributed by atoms with Crippen molar-refractivity contribution in [1.82, 2.24) is 20.2 Å². The zero-order chi connectivity index (χ0) is 12.0. The predicted octanol–water partition coefficient (Wildman–Crippen LogP) is 1.64. The van der Waals surface area contributed by atoms with Gasteiger partial charge in [0.15, 0.2) is 5.82 Å². The number of rotatable bonds is 2. The maximum absolute atomic E-state index is 13.8. The molecule has 2 aromatic rings. The molecule has 1 aromatic carbocycles. The third kappa shape index (κ3) is 1.65. The minimum Gasteiger partial charge on any atom is -0.399 e. The Balaban J connectivity index is 2.06. The molecule has 1 aliphatic carbocycles. The molecular weight excluding hydrogens is 221 g/mol. The van der Waals surface area contributed by atoms with Crippen LogP contribution in [0.5, 0.6) is 0 Å². The molecule has 2 N–H and O–H groups in total. The fourth-order valence-corrected chi connectivity index (χ4v) is 1.95. The van der Waals surface area contributed by atoms with Crippen LogP contribution in [-0.2, 0) is 0 Å². The van der Waals surface area contributed by atoms with Gasteiger partial charge < -0.3 is 5.73 Å². The number of hydrogen-bond donors (Lipinski definition) is 1. The second-order valence-corrected chi connectivity index (χ2v) is 4.47. The summed E-state index contributed by atoms with van der Waals surface area (Å²) in [6, 6.07) is 4.83. The quantitative estimate of drug-likeness (QED) is 0.800. The molecule has 6 heteroatoms. The van der Waals surface area contributed by atoms with Gasteiger partial charge in [-0.1, -0.05) is 6.92 Å². The summed E-state index contributed by atoms with van der Waals surface area (Å²) in [5.74, 6) is 0.625. The topological polar surface area (TPSA) is 69.6 Å². The van der Waals surface area contributed by atoms with Gasteiger partial charge in [-0.3, -0.25) is 0 Å². The van der Waals surface area contributed by atoms with Gasteiger partial charge in [0.25, 0.3) is 0 Å². The predicted molar refractivity (Wildman–Crippen MR) is 60.4 cm³/mol. The molecule has 0 amide bonds. The Kier molecular flexibility index (Phi) is 2.10.